The molecular weight excluding hydrogens is 354 g/mol. The first-order valence-corrected chi connectivity index (χ1v) is 9.91. The topological polar surface area (TPSA) is 21.6 Å². The van der Waals surface area contributed by atoms with Gasteiger partial charge < -0.3 is 4.74 Å². The Morgan fingerprint density at radius 3 is 2.38 bits per heavy atom. The van der Waals surface area contributed by atoms with Crippen molar-refractivity contribution in [1.82, 2.24) is 0 Å². The molecule has 0 fully saturated rings. The van der Waals surface area contributed by atoms with Crippen LogP contribution in [0.4, 0.5) is 5.69 Å². The zero-order valence-corrected chi connectivity index (χ0v) is 17.1. The fourth-order valence-electron chi connectivity index (χ4n) is 3.32. The van der Waals surface area contributed by atoms with Gasteiger partial charge in [0.15, 0.2) is 0 Å². The van der Waals surface area contributed by atoms with Crippen molar-refractivity contribution in [3.05, 3.63) is 107 Å². The fraction of sp³-hybridized carbons (Fsp3) is 0.148. The first-order valence-electron chi connectivity index (χ1n) is 9.91. The summed E-state index contributed by atoms with van der Waals surface area (Å²) in [5.74, 6) is 0.844. The number of rotatable bonds is 5. The molecule has 4 aromatic carbocycles. The van der Waals surface area contributed by atoms with Gasteiger partial charge >= 0.3 is 0 Å². The number of aryl methyl sites for hydroxylation is 3. The third-order valence-corrected chi connectivity index (χ3v) is 5.28. The number of nitrogens with zero attached hydrogens (tertiary/aromatic N) is 1. The summed E-state index contributed by atoms with van der Waals surface area (Å²) >= 11 is 0. The van der Waals surface area contributed by atoms with Crippen LogP contribution in [0.3, 0.4) is 0 Å². The Labute approximate surface area is 172 Å². The summed E-state index contributed by atoms with van der Waals surface area (Å²) in [7, 11) is 0. The Morgan fingerprint density at radius 2 is 1.59 bits per heavy atom. The fourth-order valence-corrected chi connectivity index (χ4v) is 3.32. The van der Waals surface area contributed by atoms with Gasteiger partial charge in [-0.2, -0.15) is 0 Å². The lowest BCUT2D eigenvalue weighted by Crippen LogP contribution is -1.99. The van der Waals surface area contributed by atoms with E-state index < -0.39 is 0 Å². The molecule has 2 nitrogen and oxygen atoms in total. The van der Waals surface area contributed by atoms with Gasteiger partial charge in [-0.25, -0.2) is 0 Å². The summed E-state index contributed by atoms with van der Waals surface area (Å²) in [6, 6.07) is 27.2. The van der Waals surface area contributed by atoms with Crippen LogP contribution in [0.1, 0.15) is 27.8 Å². The molecule has 0 aromatic heterocycles. The zero-order valence-electron chi connectivity index (χ0n) is 17.1. The molecule has 0 spiro atoms. The van der Waals surface area contributed by atoms with Gasteiger partial charge in [-0.15, -0.1) is 0 Å². The van der Waals surface area contributed by atoms with Gasteiger partial charge in [0, 0.05) is 11.8 Å². The second kappa shape index (κ2) is 8.32. The van der Waals surface area contributed by atoms with Gasteiger partial charge in [0.05, 0.1) is 5.69 Å². The molecule has 0 saturated carbocycles. The molecule has 4 rings (SSSR count). The van der Waals surface area contributed by atoms with Gasteiger partial charge in [0.2, 0.25) is 0 Å². The maximum atomic E-state index is 6.21. The molecule has 0 radical (unpaired) electrons. The molecule has 2 heteroatoms. The third-order valence-electron chi connectivity index (χ3n) is 5.28. The van der Waals surface area contributed by atoms with Crippen LogP contribution in [0.15, 0.2) is 83.9 Å². The summed E-state index contributed by atoms with van der Waals surface area (Å²) in [6.45, 7) is 6.85. The van der Waals surface area contributed by atoms with Crippen LogP contribution in [0, 0.1) is 20.8 Å². The minimum absolute atomic E-state index is 0.531. The van der Waals surface area contributed by atoms with Crippen molar-refractivity contribution in [2.45, 2.75) is 27.4 Å². The highest BCUT2D eigenvalue weighted by molar-refractivity contribution is 6.03. The van der Waals surface area contributed by atoms with E-state index in [2.05, 4.69) is 93.6 Å². The Kier molecular flexibility index (Phi) is 5.44. The molecule has 4 aromatic rings. The molecule has 0 aliphatic carbocycles. The predicted molar refractivity (Wildman–Crippen MR) is 123 cm³/mol. The third kappa shape index (κ3) is 4.38. The minimum atomic E-state index is 0.531. The Bertz CT molecular complexity index is 1170. The molecular formula is C27H25NO. The van der Waals surface area contributed by atoms with Crippen LogP contribution in [0.25, 0.3) is 10.8 Å². The van der Waals surface area contributed by atoms with Crippen molar-refractivity contribution in [3.8, 4) is 5.75 Å². The van der Waals surface area contributed by atoms with E-state index in [9.17, 15) is 0 Å². The monoisotopic (exact) mass is 379 g/mol. The molecule has 0 amide bonds. The Balaban J connectivity index is 1.69. The van der Waals surface area contributed by atoms with E-state index in [1.165, 1.54) is 22.1 Å². The number of benzene rings is 4. The van der Waals surface area contributed by atoms with Crippen molar-refractivity contribution >= 4 is 22.7 Å². The van der Waals surface area contributed by atoms with Crippen molar-refractivity contribution < 1.29 is 4.74 Å². The van der Waals surface area contributed by atoms with E-state index in [-0.39, 0.29) is 0 Å². The van der Waals surface area contributed by atoms with Gasteiger partial charge in [0.1, 0.15) is 12.4 Å². The smallest absolute Gasteiger partial charge is 0.129 e. The number of aliphatic imine (C=N–C) groups is 1. The van der Waals surface area contributed by atoms with Crippen LogP contribution in [-0.4, -0.2) is 6.21 Å². The molecule has 0 bridgehead atoms. The SMILES string of the molecule is Cc1ccc(COc2ccc3ccccc3c2C=Nc2ccc(C)c(C)c2)cc1. The molecule has 0 atom stereocenters. The average Bonchev–Trinajstić information content (AvgIpc) is 2.74. The van der Waals surface area contributed by atoms with E-state index in [1.54, 1.807) is 0 Å². The first kappa shape index (κ1) is 18.9. The van der Waals surface area contributed by atoms with E-state index in [0.29, 0.717) is 6.61 Å². The second-order valence-electron chi connectivity index (χ2n) is 7.50. The summed E-state index contributed by atoms with van der Waals surface area (Å²) in [5.41, 5.74) is 6.88. The molecule has 0 saturated heterocycles. The van der Waals surface area contributed by atoms with E-state index in [1.807, 2.05) is 12.3 Å². The predicted octanol–water partition coefficient (Wildman–Crippen LogP) is 7.09. The number of ether oxygens (including phenoxy) is 1. The maximum Gasteiger partial charge on any atom is 0.129 e. The van der Waals surface area contributed by atoms with Gasteiger partial charge in [-0.1, -0.05) is 66.2 Å². The van der Waals surface area contributed by atoms with Crippen LogP contribution < -0.4 is 4.74 Å². The van der Waals surface area contributed by atoms with Crippen LogP contribution >= 0.6 is 0 Å². The first-order chi connectivity index (χ1) is 14.1. The van der Waals surface area contributed by atoms with E-state index in [4.69, 9.17) is 9.73 Å². The van der Waals surface area contributed by atoms with Gasteiger partial charge in [0.25, 0.3) is 0 Å². The lowest BCUT2D eigenvalue weighted by molar-refractivity contribution is 0.306. The molecule has 144 valence electrons. The number of hydrogen-bond acceptors (Lipinski definition) is 2. The highest BCUT2D eigenvalue weighted by Crippen LogP contribution is 2.28. The normalized spacial score (nSPS) is 11.3. The minimum Gasteiger partial charge on any atom is -0.488 e. The van der Waals surface area contributed by atoms with Crippen LogP contribution in [0.5, 0.6) is 5.75 Å². The lowest BCUT2D eigenvalue weighted by Gasteiger charge is -2.12. The largest absolute Gasteiger partial charge is 0.488 e. The van der Waals surface area contributed by atoms with E-state index in [0.717, 1.165) is 28.0 Å². The molecule has 29 heavy (non-hydrogen) atoms. The summed E-state index contributed by atoms with van der Waals surface area (Å²) in [4.78, 5) is 4.75. The highest BCUT2D eigenvalue weighted by atomic mass is 16.5. The Hall–Kier alpha value is -3.39. The summed E-state index contributed by atoms with van der Waals surface area (Å²) in [6.07, 6.45) is 1.93. The van der Waals surface area contributed by atoms with Gasteiger partial charge in [-0.05, 0) is 66.4 Å². The average molecular weight is 380 g/mol. The summed E-state index contributed by atoms with van der Waals surface area (Å²) in [5, 5.41) is 2.32. The van der Waals surface area contributed by atoms with Crippen molar-refractivity contribution in [1.29, 1.82) is 0 Å². The van der Waals surface area contributed by atoms with Crippen molar-refractivity contribution in [2.24, 2.45) is 4.99 Å². The van der Waals surface area contributed by atoms with Crippen molar-refractivity contribution in [3.63, 3.8) is 0 Å². The number of hydrogen-bond donors (Lipinski definition) is 0. The van der Waals surface area contributed by atoms with E-state index >= 15 is 0 Å². The molecule has 0 heterocycles. The molecule has 0 aliphatic heterocycles. The standard InChI is InChI=1S/C27H25NO/c1-19-8-11-22(12-9-19)18-29-27-15-13-23-6-4-5-7-25(23)26(27)17-28-24-14-10-20(2)21(3)16-24/h4-17H,18H2,1-3H3. The number of fused-ring (bicyclic) bond motifs is 1. The highest BCUT2D eigenvalue weighted by Gasteiger charge is 2.08. The lowest BCUT2D eigenvalue weighted by atomic mass is 10.0. The molecule has 0 aliphatic rings. The van der Waals surface area contributed by atoms with Crippen LogP contribution in [0.2, 0.25) is 0 Å². The maximum absolute atomic E-state index is 6.21. The molecule has 0 unspecified atom stereocenters. The Morgan fingerprint density at radius 1 is 0.793 bits per heavy atom. The molecule has 0 N–H and O–H groups in total. The summed E-state index contributed by atoms with van der Waals surface area (Å²) < 4.78 is 6.21. The second-order valence-corrected chi connectivity index (χ2v) is 7.50. The van der Waals surface area contributed by atoms with Gasteiger partial charge in [-0.3, -0.25) is 4.99 Å². The van der Waals surface area contributed by atoms with Crippen molar-refractivity contribution in [2.75, 3.05) is 0 Å². The quantitative estimate of drug-likeness (QED) is 0.339. The zero-order chi connectivity index (χ0) is 20.2. The van der Waals surface area contributed by atoms with Crippen LogP contribution in [-0.2, 0) is 6.61 Å².